The number of aromatic nitrogens is 2. The number of halogens is 2. The van der Waals surface area contributed by atoms with Crippen LogP contribution in [0, 0.1) is 17.6 Å². The van der Waals surface area contributed by atoms with Crippen molar-refractivity contribution in [3.8, 4) is 5.75 Å². The van der Waals surface area contributed by atoms with Crippen LogP contribution in [0.2, 0.25) is 0 Å². The first-order valence-corrected chi connectivity index (χ1v) is 9.80. The van der Waals surface area contributed by atoms with E-state index in [1.165, 1.54) is 25.3 Å². The number of nitrogens with zero attached hydrogens (tertiary/aromatic N) is 2. The Morgan fingerprint density at radius 1 is 1.07 bits per heavy atom. The number of hydrogen-bond donors (Lipinski definition) is 0. The molecule has 2 aromatic carbocycles. The van der Waals surface area contributed by atoms with Crippen LogP contribution in [0.4, 0.5) is 8.78 Å². The minimum Gasteiger partial charge on any atom is -0.493 e. The van der Waals surface area contributed by atoms with Gasteiger partial charge in [0, 0.05) is 23.7 Å². The van der Waals surface area contributed by atoms with Gasteiger partial charge < -0.3 is 4.74 Å². The number of para-hydroxylation sites is 1. The smallest absolute Gasteiger partial charge is 0.187 e. The van der Waals surface area contributed by atoms with Crippen LogP contribution in [-0.4, -0.2) is 22.2 Å². The summed E-state index contributed by atoms with van der Waals surface area (Å²) in [6.45, 7) is 1.16. The van der Waals surface area contributed by atoms with E-state index in [2.05, 4.69) is 5.10 Å². The third kappa shape index (κ3) is 4.53. The maximum atomic E-state index is 13.8. The van der Waals surface area contributed by atoms with Crippen LogP contribution in [0.15, 0.2) is 54.7 Å². The molecule has 1 aromatic heterocycles. The van der Waals surface area contributed by atoms with Crippen molar-refractivity contribution in [2.45, 2.75) is 32.2 Å². The predicted molar refractivity (Wildman–Crippen MR) is 105 cm³/mol. The topological polar surface area (TPSA) is 44.1 Å². The van der Waals surface area contributed by atoms with E-state index < -0.39 is 17.4 Å². The number of benzene rings is 2. The zero-order valence-corrected chi connectivity index (χ0v) is 16.0. The monoisotopic (exact) mass is 396 g/mol. The van der Waals surface area contributed by atoms with E-state index in [4.69, 9.17) is 4.74 Å². The lowest BCUT2D eigenvalue weighted by molar-refractivity contribution is 0.0985. The molecule has 1 aliphatic rings. The molecule has 4 rings (SSSR count). The van der Waals surface area contributed by atoms with Crippen LogP contribution in [0.5, 0.6) is 5.75 Å². The highest BCUT2D eigenvalue weighted by molar-refractivity contribution is 5.95. The first-order chi connectivity index (χ1) is 14.1. The second kappa shape index (κ2) is 8.55. The molecule has 1 aliphatic carbocycles. The van der Waals surface area contributed by atoms with Crippen LogP contribution in [-0.2, 0) is 13.0 Å². The Morgan fingerprint density at radius 3 is 2.55 bits per heavy atom. The van der Waals surface area contributed by atoms with Crippen LogP contribution in [0.3, 0.4) is 0 Å². The minimum absolute atomic E-state index is 0.181. The van der Waals surface area contributed by atoms with E-state index in [1.807, 2.05) is 24.3 Å². The van der Waals surface area contributed by atoms with Crippen molar-refractivity contribution < 1.29 is 18.3 Å². The third-order valence-electron chi connectivity index (χ3n) is 5.33. The molecule has 0 N–H and O–H groups in total. The van der Waals surface area contributed by atoms with E-state index in [0.29, 0.717) is 19.1 Å². The van der Waals surface area contributed by atoms with E-state index in [0.717, 1.165) is 23.4 Å². The van der Waals surface area contributed by atoms with Crippen molar-refractivity contribution in [1.29, 1.82) is 0 Å². The highest BCUT2D eigenvalue weighted by Crippen LogP contribution is 2.28. The van der Waals surface area contributed by atoms with Crippen LogP contribution in [0.25, 0.3) is 0 Å². The fourth-order valence-corrected chi connectivity index (χ4v) is 3.37. The number of hydrogen-bond acceptors (Lipinski definition) is 3. The summed E-state index contributed by atoms with van der Waals surface area (Å²) < 4.78 is 35.2. The Labute approximate surface area is 168 Å². The summed E-state index contributed by atoms with van der Waals surface area (Å²) in [4.78, 5) is 12.4. The standard InChI is InChI=1S/C23H22F2N2O2/c24-19-8-4-9-20(25)18(19)13-22(28)21-11-12-27(26-21)14-17-7-1-2-10-23(17)29-15-16-5-3-6-16/h1-2,4,7-12,16H,3,5-6,13-15H2. The van der Waals surface area contributed by atoms with E-state index in [-0.39, 0.29) is 17.7 Å². The Balaban J connectivity index is 1.43. The summed E-state index contributed by atoms with van der Waals surface area (Å²) in [6.07, 6.45) is 5.03. The highest BCUT2D eigenvalue weighted by Gasteiger charge is 2.19. The lowest BCUT2D eigenvalue weighted by atomic mass is 9.86. The molecular formula is C23H22F2N2O2. The van der Waals surface area contributed by atoms with Gasteiger partial charge in [-0.1, -0.05) is 30.7 Å². The number of carbonyl (C=O) groups excluding carboxylic acids is 1. The number of ketones is 1. The molecule has 1 fully saturated rings. The maximum absolute atomic E-state index is 13.8. The summed E-state index contributed by atoms with van der Waals surface area (Å²) in [6, 6.07) is 12.9. The summed E-state index contributed by atoms with van der Waals surface area (Å²) in [5.41, 5.74) is 0.913. The van der Waals surface area contributed by atoms with Crippen molar-refractivity contribution >= 4 is 5.78 Å². The van der Waals surface area contributed by atoms with Gasteiger partial charge in [-0.2, -0.15) is 5.10 Å². The quantitative estimate of drug-likeness (QED) is 0.513. The lowest BCUT2D eigenvalue weighted by Crippen LogP contribution is -2.19. The molecule has 0 atom stereocenters. The number of ether oxygens (including phenoxy) is 1. The molecule has 1 saturated carbocycles. The number of Topliss-reactive ketones (excluding diaryl/α,β-unsaturated/α-hetero) is 1. The molecule has 0 amide bonds. The lowest BCUT2D eigenvalue weighted by Gasteiger charge is -2.25. The fraction of sp³-hybridized carbons (Fsp3) is 0.304. The van der Waals surface area contributed by atoms with Gasteiger partial charge in [-0.3, -0.25) is 9.48 Å². The van der Waals surface area contributed by atoms with Crippen LogP contribution < -0.4 is 4.74 Å². The molecule has 150 valence electrons. The zero-order chi connectivity index (χ0) is 20.2. The van der Waals surface area contributed by atoms with Gasteiger partial charge in [0.15, 0.2) is 5.78 Å². The predicted octanol–water partition coefficient (Wildman–Crippen LogP) is 4.81. The average molecular weight is 396 g/mol. The largest absolute Gasteiger partial charge is 0.493 e. The van der Waals surface area contributed by atoms with Crippen molar-refractivity contribution in [1.82, 2.24) is 9.78 Å². The molecule has 1 heterocycles. The maximum Gasteiger partial charge on any atom is 0.187 e. The van der Waals surface area contributed by atoms with E-state index in [9.17, 15) is 13.6 Å². The molecule has 29 heavy (non-hydrogen) atoms. The van der Waals surface area contributed by atoms with E-state index >= 15 is 0 Å². The molecule has 6 heteroatoms. The molecule has 0 unspecified atom stereocenters. The molecular weight excluding hydrogens is 374 g/mol. The molecule has 3 aromatic rings. The minimum atomic E-state index is -0.727. The van der Waals surface area contributed by atoms with Gasteiger partial charge in [0.25, 0.3) is 0 Å². The zero-order valence-electron chi connectivity index (χ0n) is 16.0. The van der Waals surface area contributed by atoms with Gasteiger partial charge in [-0.15, -0.1) is 0 Å². The molecule has 4 nitrogen and oxygen atoms in total. The first kappa shape index (κ1) is 19.3. The van der Waals surface area contributed by atoms with Gasteiger partial charge in [-0.05, 0) is 43.0 Å². The van der Waals surface area contributed by atoms with Gasteiger partial charge in [0.2, 0.25) is 0 Å². The molecule has 0 bridgehead atoms. The van der Waals surface area contributed by atoms with Crippen molar-refractivity contribution in [2.24, 2.45) is 5.92 Å². The summed E-state index contributed by atoms with van der Waals surface area (Å²) >= 11 is 0. The second-order valence-corrected chi connectivity index (χ2v) is 7.41. The highest BCUT2D eigenvalue weighted by atomic mass is 19.1. The summed E-state index contributed by atoms with van der Waals surface area (Å²) in [7, 11) is 0. The van der Waals surface area contributed by atoms with Gasteiger partial charge >= 0.3 is 0 Å². The second-order valence-electron chi connectivity index (χ2n) is 7.41. The van der Waals surface area contributed by atoms with Crippen LogP contribution >= 0.6 is 0 Å². The van der Waals surface area contributed by atoms with Gasteiger partial charge in [-0.25, -0.2) is 8.78 Å². The number of carbonyl (C=O) groups is 1. The van der Waals surface area contributed by atoms with Crippen molar-refractivity contribution in [3.05, 3.63) is 83.2 Å². The third-order valence-corrected chi connectivity index (χ3v) is 5.33. The summed E-state index contributed by atoms with van der Waals surface area (Å²) in [5.74, 6) is -0.431. The average Bonchev–Trinajstić information content (AvgIpc) is 3.13. The van der Waals surface area contributed by atoms with Crippen molar-refractivity contribution in [2.75, 3.05) is 6.61 Å². The first-order valence-electron chi connectivity index (χ1n) is 9.80. The van der Waals surface area contributed by atoms with Gasteiger partial charge in [0.1, 0.15) is 23.1 Å². The van der Waals surface area contributed by atoms with Crippen molar-refractivity contribution in [3.63, 3.8) is 0 Å². The van der Waals surface area contributed by atoms with Gasteiger partial charge in [0.05, 0.1) is 13.2 Å². The normalized spacial score (nSPS) is 13.9. The Kier molecular flexibility index (Phi) is 5.69. The Morgan fingerprint density at radius 2 is 1.83 bits per heavy atom. The SMILES string of the molecule is O=C(Cc1c(F)cccc1F)c1ccn(Cc2ccccc2OCC2CCC2)n1. The Bertz CT molecular complexity index is 991. The Hall–Kier alpha value is -3.02. The molecule has 0 radical (unpaired) electrons. The van der Waals surface area contributed by atoms with E-state index in [1.54, 1.807) is 16.9 Å². The summed E-state index contributed by atoms with van der Waals surface area (Å²) in [5, 5.41) is 4.29. The number of rotatable bonds is 8. The molecule has 0 spiro atoms. The molecule has 0 saturated heterocycles. The fourth-order valence-electron chi connectivity index (χ4n) is 3.37. The molecule has 0 aliphatic heterocycles. The van der Waals surface area contributed by atoms with Crippen LogP contribution in [0.1, 0.15) is 40.9 Å².